The van der Waals surface area contributed by atoms with Gasteiger partial charge in [0.15, 0.2) is 37.3 Å². The summed E-state index contributed by atoms with van der Waals surface area (Å²) >= 11 is 0. The molecule has 1 amide bonds. The molecule has 0 saturated heterocycles. The number of nitrogens with zero attached hydrogens (tertiary/aromatic N) is 1. The topological polar surface area (TPSA) is 187 Å². The van der Waals surface area contributed by atoms with E-state index in [1.54, 1.807) is 60.7 Å². The quantitative estimate of drug-likeness (QED) is 0.210. The number of aliphatic imine (C=N–C) groups is 1. The fourth-order valence-electron chi connectivity index (χ4n) is 4.04. The third-order valence-corrected chi connectivity index (χ3v) is 8.08. The van der Waals surface area contributed by atoms with Crippen molar-refractivity contribution in [1.82, 2.24) is 0 Å². The lowest BCUT2D eigenvalue weighted by Crippen LogP contribution is -2.24. The molecule has 0 aliphatic carbocycles. The largest absolute Gasteiger partial charge is 0.478 e. The maximum atomic E-state index is 14.7. The van der Waals surface area contributed by atoms with E-state index in [1.165, 1.54) is 12.1 Å². The minimum atomic E-state index is -3.93. The van der Waals surface area contributed by atoms with Gasteiger partial charge in [0.25, 0.3) is 5.91 Å². The molecule has 0 aliphatic heterocycles. The molecule has 224 valence electrons. The minimum absolute atomic E-state index is 0.149. The first kappa shape index (κ1) is 32.6. The fourth-order valence-corrected chi connectivity index (χ4v) is 6.08. The number of carboxylic acids is 1. The lowest BCUT2D eigenvalue weighted by molar-refractivity contribution is 0.0691. The Balaban J connectivity index is 0.000000238. The van der Waals surface area contributed by atoms with Crippen LogP contribution in [0, 0.1) is 11.6 Å². The molecule has 0 unspecified atom stereocenters. The maximum absolute atomic E-state index is 14.7. The van der Waals surface area contributed by atoms with Crippen LogP contribution in [0.4, 0.5) is 8.78 Å². The van der Waals surface area contributed by atoms with Gasteiger partial charge >= 0.3 is 5.97 Å². The Morgan fingerprint density at radius 3 is 1.37 bits per heavy atom. The number of aromatic carboxylic acids is 1. The predicted molar refractivity (Wildman–Crippen MR) is 157 cm³/mol. The number of sulfone groups is 2. The summed E-state index contributed by atoms with van der Waals surface area (Å²) in [6.07, 6.45) is 1.72. The lowest BCUT2D eigenvalue weighted by atomic mass is 10.0. The standard InChI is InChI=1S/C15H14FN3O3S.C14H11FO4S/c1-23(21,22)13-10(9-5-3-2-4-6-9)7-8-11(12(13)16)14(20)19-15(17)18;1-20(18,19)13-10(9-5-3-2-4-6-9)7-8-11(12(13)15)14(16)17/h2-8H,1H3,(H4,17,18,19,20);2-8H,1H3,(H,16,17). The van der Waals surface area contributed by atoms with Gasteiger partial charge in [-0.05, 0) is 23.3 Å². The molecular formula is C29H25F2N3O7S2. The van der Waals surface area contributed by atoms with E-state index in [9.17, 15) is 35.2 Å². The molecule has 4 aromatic carbocycles. The molecule has 0 aromatic heterocycles. The highest BCUT2D eigenvalue weighted by molar-refractivity contribution is 7.91. The van der Waals surface area contributed by atoms with Gasteiger partial charge in [0.2, 0.25) is 0 Å². The molecule has 0 spiro atoms. The van der Waals surface area contributed by atoms with Crippen molar-refractivity contribution in [2.75, 3.05) is 12.5 Å². The van der Waals surface area contributed by atoms with E-state index >= 15 is 0 Å². The summed E-state index contributed by atoms with van der Waals surface area (Å²) in [4.78, 5) is 24.8. The molecule has 4 aromatic rings. The fraction of sp³-hybridized carbons (Fsp3) is 0.0690. The molecule has 0 heterocycles. The summed E-state index contributed by atoms with van der Waals surface area (Å²) in [5.74, 6) is -5.51. The zero-order chi connectivity index (χ0) is 32.1. The molecular weight excluding hydrogens is 604 g/mol. The van der Waals surface area contributed by atoms with Gasteiger partial charge < -0.3 is 16.6 Å². The molecule has 14 heteroatoms. The van der Waals surface area contributed by atoms with Crippen LogP contribution in [0.3, 0.4) is 0 Å². The van der Waals surface area contributed by atoms with E-state index in [-0.39, 0.29) is 11.1 Å². The van der Waals surface area contributed by atoms with Gasteiger partial charge in [0.1, 0.15) is 9.79 Å². The van der Waals surface area contributed by atoms with E-state index < -0.39 is 70.1 Å². The summed E-state index contributed by atoms with van der Waals surface area (Å²) in [7, 11) is -7.84. The molecule has 0 atom stereocenters. The van der Waals surface area contributed by atoms with Crippen molar-refractivity contribution in [3.63, 3.8) is 0 Å². The molecule has 0 saturated carbocycles. The van der Waals surface area contributed by atoms with E-state index in [0.717, 1.165) is 24.6 Å². The third kappa shape index (κ3) is 7.67. The van der Waals surface area contributed by atoms with Crippen molar-refractivity contribution < 1.29 is 40.3 Å². The first-order valence-electron chi connectivity index (χ1n) is 12.1. The van der Waals surface area contributed by atoms with Crippen LogP contribution in [-0.4, -0.2) is 52.3 Å². The first-order chi connectivity index (χ1) is 20.0. The second-order valence-corrected chi connectivity index (χ2v) is 12.9. The smallest absolute Gasteiger partial charge is 0.338 e. The van der Waals surface area contributed by atoms with Crippen LogP contribution >= 0.6 is 0 Å². The van der Waals surface area contributed by atoms with Crippen LogP contribution < -0.4 is 11.5 Å². The normalized spacial score (nSPS) is 11.2. The molecule has 0 fully saturated rings. The van der Waals surface area contributed by atoms with Gasteiger partial charge in [-0.1, -0.05) is 72.8 Å². The average Bonchev–Trinajstić information content (AvgIpc) is 2.92. The van der Waals surface area contributed by atoms with Crippen LogP contribution in [0.5, 0.6) is 0 Å². The number of rotatable bonds is 6. The molecule has 43 heavy (non-hydrogen) atoms. The third-order valence-electron chi connectivity index (χ3n) is 5.80. The Bertz CT molecular complexity index is 1950. The average molecular weight is 630 g/mol. The second kappa shape index (κ2) is 12.9. The zero-order valence-corrected chi connectivity index (χ0v) is 24.3. The number of hydrogen-bond donors (Lipinski definition) is 3. The number of carbonyl (C=O) groups excluding carboxylic acids is 1. The van der Waals surface area contributed by atoms with Gasteiger partial charge in [-0.15, -0.1) is 0 Å². The Morgan fingerprint density at radius 2 is 1.02 bits per heavy atom. The van der Waals surface area contributed by atoms with E-state index in [2.05, 4.69) is 4.99 Å². The Kier molecular flexibility index (Phi) is 9.78. The summed E-state index contributed by atoms with van der Waals surface area (Å²) in [5, 5.41) is 8.88. The summed E-state index contributed by atoms with van der Waals surface area (Å²) < 4.78 is 76.5. The summed E-state index contributed by atoms with van der Waals surface area (Å²) in [6, 6.07) is 21.7. The molecule has 4 rings (SSSR count). The van der Waals surface area contributed by atoms with Crippen molar-refractivity contribution in [3.8, 4) is 22.3 Å². The minimum Gasteiger partial charge on any atom is -0.478 e. The highest BCUT2D eigenvalue weighted by Crippen LogP contribution is 2.32. The molecule has 0 bridgehead atoms. The van der Waals surface area contributed by atoms with E-state index in [4.69, 9.17) is 16.6 Å². The second-order valence-electron chi connectivity index (χ2n) is 9.03. The monoisotopic (exact) mass is 629 g/mol. The number of benzene rings is 4. The predicted octanol–water partition coefficient (Wildman–Crippen LogP) is 3.90. The number of carbonyl (C=O) groups is 2. The number of nitrogens with two attached hydrogens (primary N) is 2. The van der Waals surface area contributed by atoms with E-state index in [1.807, 2.05) is 0 Å². The summed E-state index contributed by atoms with van der Waals surface area (Å²) in [5.41, 5.74) is 10.3. The van der Waals surface area contributed by atoms with Gasteiger partial charge in [-0.25, -0.2) is 30.4 Å². The molecule has 10 nitrogen and oxygen atoms in total. The lowest BCUT2D eigenvalue weighted by Gasteiger charge is -2.11. The molecule has 5 N–H and O–H groups in total. The Morgan fingerprint density at radius 1 is 0.651 bits per heavy atom. The number of carboxylic acid groups (broad SMARTS) is 1. The number of amides is 1. The van der Waals surface area contributed by atoms with Crippen LogP contribution in [-0.2, 0) is 19.7 Å². The number of halogens is 2. The first-order valence-corrected chi connectivity index (χ1v) is 15.9. The highest BCUT2D eigenvalue weighted by Gasteiger charge is 2.26. The van der Waals surface area contributed by atoms with Gasteiger partial charge in [0, 0.05) is 23.6 Å². The van der Waals surface area contributed by atoms with Crippen molar-refractivity contribution in [3.05, 3.63) is 108 Å². The maximum Gasteiger partial charge on any atom is 0.338 e. The van der Waals surface area contributed by atoms with Gasteiger partial charge in [-0.2, -0.15) is 4.99 Å². The molecule has 0 aliphatic rings. The van der Waals surface area contributed by atoms with Crippen molar-refractivity contribution in [2.45, 2.75) is 9.79 Å². The highest BCUT2D eigenvalue weighted by atomic mass is 32.2. The van der Waals surface area contributed by atoms with Gasteiger partial charge in [-0.3, -0.25) is 4.79 Å². The van der Waals surface area contributed by atoms with Crippen LogP contribution in [0.15, 0.2) is 99.7 Å². The van der Waals surface area contributed by atoms with Crippen LogP contribution in [0.2, 0.25) is 0 Å². The van der Waals surface area contributed by atoms with Crippen molar-refractivity contribution in [1.29, 1.82) is 0 Å². The zero-order valence-electron chi connectivity index (χ0n) is 22.7. The SMILES string of the molecule is CS(=O)(=O)c1c(-c2ccccc2)ccc(C(=O)N=C(N)N)c1F.CS(=O)(=O)c1c(-c2ccccc2)ccc(C(=O)O)c1F. The summed E-state index contributed by atoms with van der Waals surface area (Å²) in [6.45, 7) is 0. The molecule has 0 radical (unpaired) electrons. The van der Waals surface area contributed by atoms with Gasteiger partial charge in [0.05, 0.1) is 11.1 Å². The Labute approximate surface area is 246 Å². The van der Waals surface area contributed by atoms with Crippen LogP contribution in [0.25, 0.3) is 22.3 Å². The van der Waals surface area contributed by atoms with Crippen molar-refractivity contribution in [2.24, 2.45) is 16.5 Å². The number of guanidine groups is 1. The van der Waals surface area contributed by atoms with Crippen molar-refractivity contribution >= 4 is 37.5 Å². The Hall–Kier alpha value is -4.95. The van der Waals surface area contributed by atoms with Crippen LogP contribution in [0.1, 0.15) is 20.7 Å². The number of hydrogen-bond acceptors (Lipinski definition) is 6. The van der Waals surface area contributed by atoms with E-state index in [0.29, 0.717) is 11.1 Å².